The van der Waals surface area contributed by atoms with Gasteiger partial charge in [0.1, 0.15) is 16.5 Å². The second kappa shape index (κ2) is 8.61. The summed E-state index contributed by atoms with van der Waals surface area (Å²) in [6.07, 6.45) is 0. The number of hydrogen-bond donors (Lipinski definition) is 0. The standard InChI is InChI=1S/C22H24N2O3S/c1-6-27-22(25)18-13(3)12-16-19(14(18)4)21(28-7-2)24-23-20(16)15-10-8-9-11-17(15)26-5/h8-12H,6-7H2,1-5H3. The molecule has 5 nitrogen and oxygen atoms in total. The lowest BCUT2D eigenvalue weighted by molar-refractivity contribution is 0.0525. The van der Waals surface area contributed by atoms with Crippen LogP contribution in [0.15, 0.2) is 35.4 Å². The maximum atomic E-state index is 12.6. The van der Waals surface area contributed by atoms with E-state index in [2.05, 4.69) is 17.1 Å². The number of aryl methyl sites for hydroxylation is 2. The summed E-state index contributed by atoms with van der Waals surface area (Å²) in [5.41, 5.74) is 3.95. The average Bonchev–Trinajstić information content (AvgIpc) is 2.68. The molecule has 2 aromatic carbocycles. The van der Waals surface area contributed by atoms with Crippen molar-refractivity contribution in [2.75, 3.05) is 19.5 Å². The van der Waals surface area contributed by atoms with E-state index in [-0.39, 0.29) is 5.97 Å². The molecule has 0 fully saturated rings. The van der Waals surface area contributed by atoms with Gasteiger partial charge in [0, 0.05) is 16.3 Å². The van der Waals surface area contributed by atoms with Crippen molar-refractivity contribution in [3.8, 4) is 17.0 Å². The molecule has 0 aliphatic heterocycles. The van der Waals surface area contributed by atoms with Crippen LogP contribution in [0.25, 0.3) is 22.0 Å². The fourth-order valence-electron chi connectivity index (χ4n) is 3.44. The molecule has 0 saturated heterocycles. The van der Waals surface area contributed by atoms with Crippen LogP contribution in [0.4, 0.5) is 0 Å². The van der Waals surface area contributed by atoms with Gasteiger partial charge in [-0.3, -0.25) is 0 Å². The van der Waals surface area contributed by atoms with Gasteiger partial charge in [-0.1, -0.05) is 19.1 Å². The van der Waals surface area contributed by atoms with E-state index >= 15 is 0 Å². The van der Waals surface area contributed by atoms with Gasteiger partial charge in [0.25, 0.3) is 0 Å². The highest BCUT2D eigenvalue weighted by molar-refractivity contribution is 7.99. The van der Waals surface area contributed by atoms with Crippen LogP contribution in [0.2, 0.25) is 0 Å². The van der Waals surface area contributed by atoms with E-state index in [1.54, 1.807) is 18.9 Å². The maximum Gasteiger partial charge on any atom is 0.338 e. The molecule has 0 bridgehead atoms. The van der Waals surface area contributed by atoms with Crippen molar-refractivity contribution >= 4 is 28.5 Å². The van der Waals surface area contributed by atoms with E-state index in [1.807, 2.05) is 51.1 Å². The third-order valence-electron chi connectivity index (χ3n) is 4.61. The summed E-state index contributed by atoms with van der Waals surface area (Å²) >= 11 is 1.62. The minimum absolute atomic E-state index is 0.303. The Morgan fingerprint density at radius 3 is 2.57 bits per heavy atom. The number of fused-ring (bicyclic) bond motifs is 1. The molecule has 0 amide bonds. The lowest BCUT2D eigenvalue weighted by Crippen LogP contribution is -2.10. The molecule has 1 heterocycles. The van der Waals surface area contributed by atoms with Gasteiger partial charge in [0.05, 0.1) is 19.3 Å². The molecule has 0 spiro atoms. The lowest BCUT2D eigenvalue weighted by atomic mass is 9.94. The van der Waals surface area contributed by atoms with Gasteiger partial charge in [-0.05, 0) is 55.9 Å². The molecule has 3 aromatic rings. The van der Waals surface area contributed by atoms with E-state index in [0.717, 1.165) is 49.7 Å². The monoisotopic (exact) mass is 396 g/mol. The van der Waals surface area contributed by atoms with Crippen molar-refractivity contribution in [2.24, 2.45) is 0 Å². The van der Waals surface area contributed by atoms with Crippen molar-refractivity contribution in [3.63, 3.8) is 0 Å². The summed E-state index contributed by atoms with van der Waals surface area (Å²) in [6.45, 7) is 8.11. The Labute approximate surface area is 169 Å². The van der Waals surface area contributed by atoms with E-state index in [4.69, 9.17) is 9.47 Å². The number of benzene rings is 2. The Balaban J connectivity index is 2.38. The highest BCUT2D eigenvalue weighted by Gasteiger charge is 2.22. The van der Waals surface area contributed by atoms with Crippen molar-refractivity contribution in [1.82, 2.24) is 10.2 Å². The number of methoxy groups -OCH3 is 1. The first-order valence-electron chi connectivity index (χ1n) is 9.27. The molecule has 0 aliphatic rings. The average molecular weight is 397 g/mol. The minimum Gasteiger partial charge on any atom is -0.496 e. The van der Waals surface area contributed by atoms with Crippen molar-refractivity contribution in [2.45, 2.75) is 32.7 Å². The third kappa shape index (κ3) is 3.56. The SMILES string of the molecule is CCOC(=O)c1c(C)cc2c(-c3ccccc3OC)nnc(SCC)c2c1C. The third-order valence-corrected chi connectivity index (χ3v) is 5.45. The first-order valence-corrected chi connectivity index (χ1v) is 10.3. The highest BCUT2D eigenvalue weighted by Crippen LogP contribution is 2.39. The largest absolute Gasteiger partial charge is 0.496 e. The van der Waals surface area contributed by atoms with Crippen LogP contribution in [-0.4, -0.2) is 35.6 Å². The van der Waals surface area contributed by atoms with Gasteiger partial charge in [-0.15, -0.1) is 22.0 Å². The number of aromatic nitrogens is 2. The highest BCUT2D eigenvalue weighted by atomic mass is 32.2. The molecule has 0 saturated carbocycles. The summed E-state index contributed by atoms with van der Waals surface area (Å²) < 4.78 is 10.8. The van der Waals surface area contributed by atoms with Crippen LogP contribution in [0, 0.1) is 13.8 Å². The Kier molecular flexibility index (Phi) is 6.19. The van der Waals surface area contributed by atoms with E-state index in [9.17, 15) is 4.79 Å². The van der Waals surface area contributed by atoms with Crippen LogP contribution in [0.3, 0.4) is 0 Å². The molecule has 0 radical (unpaired) electrons. The topological polar surface area (TPSA) is 61.3 Å². The number of esters is 1. The zero-order valence-corrected chi connectivity index (χ0v) is 17.6. The number of carbonyl (C=O) groups is 1. The zero-order chi connectivity index (χ0) is 20.3. The minimum atomic E-state index is -0.303. The van der Waals surface area contributed by atoms with Crippen molar-refractivity contribution in [3.05, 3.63) is 47.0 Å². The molecule has 6 heteroatoms. The molecular weight excluding hydrogens is 372 g/mol. The van der Waals surface area contributed by atoms with Gasteiger partial charge >= 0.3 is 5.97 Å². The van der Waals surface area contributed by atoms with Crippen molar-refractivity contribution < 1.29 is 14.3 Å². The number of ether oxygens (including phenoxy) is 2. The molecule has 146 valence electrons. The summed E-state index contributed by atoms with van der Waals surface area (Å²) in [4.78, 5) is 12.6. The summed E-state index contributed by atoms with van der Waals surface area (Å²) in [5, 5.41) is 11.7. The first kappa shape index (κ1) is 20.1. The smallest absolute Gasteiger partial charge is 0.338 e. The maximum absolute atomic E-state index is 12.6. The van der Waals surface area contributed by atoms with Gasteiger partial charge in [0.15, 0.2) is 0 Å². The Morgan fingerprint density at radius 1 is 1.14 bits per heavy atom. The number of thioether (sulfide) groups is 1. The second-order valence-corrected chi connectivity index (χ2v) is 7.58. The predicted octanol–water partition coefficient (Wildman–Crippen LogP) is 5.21. The van der Waals surface area contributed by atoms with Crippen LogP contribution in [0.5, 0.6) is 5.75 Å². The Bertz CT molecular complexity index is 1030. The summed E-state index contributed by atoms with van der Waals surface area (Å²) in [6, 6.07) is 9.76. The number of para-hydroxylation sites is 1. The van der Waals surface area contributed by atoms with Gasteiger partial charge < -0.3 is 9.47 Å². The van der Waals surface area contributed by atoms with Crippen molar-refractivity contribution in [1.29, 1.82) is 0 Å². The quantitative estimate of drug-likeness (QED) is 0.421. The molecule has 1 aromatic heterocycles. The van der Waals surface area contributed by atoms with Gasteiger partial charge in [-0.25, -0.2) is 4.79 Å². The Morgan fingerprint density at radius 2 is 1.89 bits per heavy atom. The Hall–Kier alpha value is -2.60. The van der Waals surface area contributed by atoms with E-state index < -0.39 is 0 Å². The van der Waals surface area contributed by atoms with E-state index in [1.165, 1.54) is 0 Å². The van der Waals surface area contributed by atoms with Crippen LogP contribution in [-0.2, 0) is 4.74 Å². The predicted molar refractivity (Wildman–Crippen MR) is 113 cm³/mol. The van der Waals surface area contributed by atoms with Gasteiger partial charge in [0.2, 0.25) is 0 Å². The molecule has 0 atom stereocenters. The molecular formula is C22H24N2O3S. The fourth-order valence-corrected chi connectivity index (χ4v) is 4.22. The zero-order valence-electron chi connectivity index (χ0n) is 16.8. The molecule has 3 rings (SSSR count). The van der Waals surface area contributed by atoms with Crippen LogP contribution >= 0.6 is 11.8 Å². The van der Waals surface area contributed by atoms with Gasteiger partial charge in [-0.2, -0.15) is 0 Å². The summed E-state index contributed by atoms with van der Waals surface area (Å²) in [5.74, 6) is 1.29. The van der Waals surface area contributed by atoms with E-state index in [0.29, 0.717) is 12.2 Å². The van der Waals surface area contributed by atoms with Crippen LogP contribution in [0.1, 0.15) is 35.3 Å². The second-order valence-electron chi connectivity index (χ2n) is 6.32. The number of carbonyl (C=O) groups excluding carboxylic acids is 1. The first-order chi connectivity index (χ1) is 13.5. The number of rotatable bonds is 6. The lowest BCUT2D eigenvalue weighted by Gasteiger charge is -2.17. The van der Waals surface area contributed by atoms with Crippen LogP contribution < -0.4 is 4.74 Å². The molecule has 0 N–H and O–H groups in total. The fraction of sp³-hybridized carbons (Fsp3) is 0.318. The number of hydrogen-bond acceptors (Lipinski definition) is 6. The molecule has 0 aliphatic carbocycles. The molecule has 28 heavy (non-hydrogen) atoms. The normalized spacial score (nSPS) is 10.9. The molecule has 0 unspecified atom stereocenters. The summed E-state index contributed by atoms with van der Waals surface area (Å²) in [7, 11) is 1.64. The number of nitrogens with zero attached hydrogens (tertiary/aromatic N) is 2.